The molecule has 0 unspecified atom stereocenters. The van der Waals surface area contributed by atoms with Crippen LogP contribution >= 0.6 is 0 Å². The van der Waals surface area contributed by atoms with E-state index in [-0.39, 0.29) is 18.5 Å². The summed E-state index contributed by atoms with van der Waals surface area (Å²) in [6.07, 6.45) is 1.56. The molecule has 2 aliphatic rings. The molecule has 7 nitrogen and oxygen atoms in total. The highest BCUT2D eigenvalue weighted by Gasteiger charge is 2.55. The predicted octanol–water partition coefficient (Wildman–Crippen LogP) is 2.78. The van der Waals surface area contributed by atoms with Crippen molar-refractivity contribution in [3.05, 3.63) is 35.9 Å². The Bertz CT molecular complexity index is 743. The number of hydrogen-bond acceptors (Lipinski definition) is 5. The molecule has 0 saturated carbocycles. The number of carbonyl (C=O) groups excluding carboxylic acids is 3. The number of hydrogen-bond donors (Lipinski definition) is 1. The van der Waals surface area contributed by atoms with E-state index in [1.54, 1.807) is 25.7 Å². The maximum Gasteiger partial charge on any atom is 0.408 e. The molecule has 0 spiro atoms. The van der Waals surface area contributed by atoms with Crippen LogP contribution in [0.25, 0.3) is 0 Å². The first-order valence-corrected chi connectivity index (χ1v) is 9.73. The summed E-state index contributed by atoms with van der Waals surface area (Å²) in [5.74, 6) is -0.607. The molecular weight excluding hydrogens is 360 g/mol. The third-order valence-electron chi connectivity index (χ3n) is 5.18. The second-order valence-corrected chi connectivity index (χ2v) is 8.42. The van der Waals surface area contributed by atoms with Gasteiger partial charge in [-0.1, -0.05) is 30.3 Å². The lowest BCUT2D eigenvalue weighted by Gasteiger charge is -2.42. The maximum atomic E-state index is 12.9. The maximum absolute atomic E-state index is 12.9. The number of amides is 2. The second kappa shape index (κ2) is 7.81. The lowest BCUT2D eigenvalue weighted by atomic mass is 9.84. The van der Waals surface area contributed by atoms with Gasteiger partial charge < -0.3 is 19.7 Å². The standard InChI is InChI=1S/C21H28N2O5/c1-20(2,3)28-19(26)22-16-10-12-21(11-7-13-23(21)17(16)24)18(25)27-14-15-8-5-4-6-9-15/h4-6,8-9,16H,7,10-14H2,1-3H3,(H,22,26)/t16-,21+/m0/s1. The van der Waals surface area contributed by atoms with Crippen molar-refractivity contribution < 1.29 is 23.9 Å². The summed E-state index contributed by atoms with van der Waals surface area (Å²) in [5.41, 5.74) is -0.651. The Morgan fingerprint density at radius 2 is 1.93 bits per heavy atom. The van der Waals surface area contributed by atoms with E-state index in [0.717, 1.165) is 12.0 Å². The largest absolute Gasteiger partial charge is 0.459 e. The van der Waals surface area contributed by atoms with E-state index in [4.69, 9.17) is 9.47 Å². The third kappa shape index (κ3) is 4.29. The van der Waals surface area contributed by atoms with Crippen LogP contribution in [0.2, 0.25) is 0 Å². The van der Waals surface area contributed by atoms with Crippen molar-refractivity contribution in [2.24, 2.45) is 0 Å². The quantitative estimate of drug-likeness (QED) is 0.802. The topological polar surface area (TPSA) is 84.9 Å². The van der Waals surface area contributed by atoms with Crippen LogP contribution in [-0.2, 0) is 25.7 Å². The minimum absolute atomic E-state index is 0.184. The Labute approximate surface area is 165 Å². The molecule has 1 aromatic rings. The van der Waals surface area contributed by atoms with Gasteiger partial charge in [0.25, 0.3) is 0 Å². The van der Waals surface area contributed by atoms with Gasteiger partial charge in [0.2, 0.25) is 5.91 Å². The molecule has 1 aromatic carbocycles. The van der Waals surface area contributed by atoms with E-state index in [9.17, 15) is 14.4 Å². The van der Waals surface area contributed by atoms with Crippen molar-refractivity contribution >= 4 is 18.0 Å². The second-order valence-electron chi connectivity index (χ2n) is 8.42. The molecule has 2 heterocycles. The third-order valence-corrected chi connectivity index (χ3v) is 5.18. The Balaban J connectivity index is 1.64. The fraction of sp³-hybridized carbons (Fsp3) is 0.571. The van der Waals surface area contributed by atoms with Gasteiger partial charge in [-0.25, -0.2) is 9.59 Å². The number of ether oxygens (including phenoxy) is 2. The molecule has 0 aliphatic carbocycles. The highest BCUT2D eigenvalue weighted by atomic mass is 16.6. The van der Waals surface area contributed by atoms with Gasteiger partial charge in [-0.3, -0.25) is 4.79 Å². The van der Waals surface area contributed by atoms with Gasteiger partial charge in [0.15, 0.2) is 0 Å². The summed E-state index contributed by atoms with van der Waals surface area (Å²) < 4.78 is 10.8. The molecule has 28 heavy (non-hydrogen) atoms. The van der Waals surface area contributed by atoms with Gasteiger partial charge in [-0.2, -0.15) is 0 Å². The van der Waals surface area contributed by atoms with Gasteiger partial charge in [0.05, 0.1) is 0 Å². The molecule has 3 rings (SSSR count). The number of fused-ring (bicyclic) bond motifs is 1. The van der Waals surface area contributed by atoms with Crippen molar-refractivity contribution in [3.8, 4) is 0 Å². The molecule has 2 saturated heterocycles. The minimum Gasteiger partial charge on any atom is -0.459 e. The van der Waals surface area contributed by atoms with Gasteiger partial charge in [-0.05, 0) is 52.0 Å². The highest BCUT2D eigenvalue weighted by molar-refractivity contribution is 5.94. The summed E-state index contributed by atoms with van der Waals surface area (Å²) in [6.45, 7) is 5.98. The average molecular weight is 388 g/mol. The molecule has 0 bridgehead atoms. The van der Waals surface area contributed by atoms with Crippen LogP contribution in [0.3, 0.4) is 0 Å². The van der Waals surface area contributed by atoms with Crippen molar-refractivity contribution in [2.75, 3.05) is 6.54 Å². The summed E-state index contributed by atoms with van der Waals surface area (Å²) in [7, 11) is 0. The SMILES string of the molecule is CC(C)(C)OC(=O)N[C@H]1CC[C@@]2(C(=O)OCc3ccccc3)CCCN2C1=O. The molecular formula is C21H28N2O5. The Hall–Kier alpha value is -2.57. The lowest BCUT2D eigenvalue weighted by molar-refractivity contribution is -0.167. The van der Waals surface area contributed by atoms with Crippen molar-refractivity contribution in [3.63, 3.8) is 0 Å². The van der Waals surface area contributed by atoms with Crippen molar-refractivity contribution in [1.82, 2.24) is 10.2 Å². The normalized spacial score (nSPS) is 24.5. The molecule has 1 N–H and O–H groups in total. The van der Waals surface area contributed by atoms with E-state index in [1.165, 1.54) is 0 Å². The first kappa shape index (κ1) is 20.2. The summed E-state index contributed by atoms with van der Waals surface area (Å²) in [5, 5.41) is 2.65. The first-order chi connectivity index (χ1) is 13.2. The van der Waals surface area contributed by atoms with Crippen molar-refractivity contribution in [2.45, 2.75) is 70.2 Å². The zero-order valence-corrected chi connectivity index (χ0v) is 16.7. The summed E-state index contributed by atoms with van der Waals surface area (Å²) in [4.78, 5) is 39.5. The van der Waals surface area contributed by atoms with E-state index in [1.807, 2.05) is 30.3 Å². The van der Waals surface area contributed by atoms with Crippen LogP contribution in [0.4, 0.5) is 4.79 Å². The predicted molar refractivity (Wildman–Crippen MR) is 102 cm³/mol. The number of nitrogens with one attached hydrogen (secondary N) is 1. The summed E-state index contributed by atoms with van der Waals surface area (Å²) >= 11 is 0. The molecule has 152 valence electrons. The molecule has 7 heteroatoms. The van der Waals surface area contributed by atoms with E-state index in [2.05, 4.69) is 5.32 Å². The van der Waals surface area contributed by atoms with E-state index < -0.39 is 23.3 Å². The zero-order chi connectivity index (χ0) is 20.4. The van der Waals surface area contributed by atoms with Gasteiger partial charge in [0.1, 0.15) is 23.8 Å². The molecule has 0 aromatic heterocycles. The number of alkyl carbamates (subject to hydrolysis) is 1. The highest BCUT2D eigenvalue weighted by Crippen LogP contribution is 2.39. The van der Waals surface area contributed by atoms with E-state index in [0.29, 0.717) is 25.8 Å². The van der Waals surface area contributed by atoms with Crippen LogP contribution in [-0.4, -0.2) is 46.6 Å². The molecule has 0 radical (unpaired) electrons. The minimum atomic E-state index is -0.919. The molecule has 2 amide bonds. The first-order valence-electron chi connectivity index (χ1n) is 9.73. The number of piperidine rings is 1. The zero-order valence-electron chi connectivity index (χ0n) is 16.7. The number of esters is 1. The van der Waals surface area contributed by atoms with Crippen LogP contribution < -0.4 is 5.32 Å². The summed E-state index contributed by atoms with van der Waals surface area (Å²) in [6, 6.07) is 8.79. The van der Waals surface area contributed by atoms with Crippen LogP contribution in [0.15, 0.2) is 30.3 Å². The van der Waals surface area contributed by atoms with Crippen LogP contribution in [0.1, 0.15) is 52.0 Å². The Morgan fingerprint density at radius 3 is 2.61 bits per heavy atom. The Morgan fingerprint density at radius 1 is 1.21 bits per heavy atom. The Kier molecular flexibility index (Phi) is 5.63. The van der Waals surface area contributed by atoms with Gasteiger partial charge in [0, 0.05) is 6.54 Å². The number of rotatable bonds is 4. The van der Waals surface area contributed by atoms with Gasteiger partial charge >= 0.3 is 12.1 Å². The fourth-order valence-corrected chi connectivity index (χ4v) is 3.91. The number of nitrogens with zero attached hydrogens (tertiary/aromatic N) is 1. The van der Waals surface area contributed by atoms with E-state index >= 15 is 0 Å². The average Bonchev–Trinajstić information content (AvgIpc) is 3.08. The smallest absolute Gasteiger partial charge is 0.408 e. The number of carbonyl (C=O) groups is 3. The number of benzene rings is 1. The van der Waals surface area contributed by atoms with Crippen LogP contribution in [0, 0.1) is 0 Å². The monoisotopic (exact) mass is 388 g/mol. The molecule has 2 fully saturated rings. The fourth-order valence-electron chi connectivity index (χ4n) is 3.91. The molecule has 2 atom stereocenters. The molecule has 2 aliphatic heterocycles. The van der Waals surface area contributed by atoms with Crippen molar-refractivity contribution in [1.29, 1.82) is 0 Å². The lowest BCUT2D eigenvalue weighted by Crippen LogP contribution is -2.63. The van der Waals surface area contributed by atoms with Gasteiger partial charge in [-0.15, -0.1) is 0 Å². The van der Waals surface area contributed by atoms with Crippen LogP contribution in [0.5, 0.6) is 0 Å².